The summed E-state index contributed by atoms with van der Waals surface area (Å²) in [4.78, 5) is 21.3. The van der Waals surface area contributed by atoms with Crippen LogP contribution in [0.3, 0.4) is 0 Å². The fourth-order valence-electron chi connectivity index (χ4n) is 0.580. The first-order valence-electron chi connectivity index (χ1n) is 3.78. The van der Waals surface area contributed by atoms with Gasteiger partial charge in [-0.3, -0.25) is 9.59 Å². The molecule has 0 aromatic carbocycles. The highest BCUT2D eigenvalue weighted by molar-refractivity contribution is 8.00. The van der Waals surface area contributed by atoms with Crippen LogP contribution in [0.5, 0.6) is 0 Å². The third kappa shape index (κ3) is 6.21. The lowest BCUT2D eigenvalue weighted by atomic mass is 10.3. The Balaban J connectivity index is 3.61. The first kappa shape index (κ1) is 12.0. The molecule has 0 aliphatic rings. The van der Waals surface area contributed by atoms with Gasteiger partial charge in [0.2, 0.25) is 5.91 Å². The summed E-state index contributed by atoms with van der Waals surface area (Å²) in [5.74, 6) is -0.331. The Labute approximate surface area is 81.4 Å². The van der Waals surface area contributed by atoms with Gasteiger partial charge in [-0.25, -0.2) is 0 Å². The van der Waals surface area contributed by atoms with Crippen molar-refractivity contribution in [1.82, 2.24) is 5.32 Å². The molecule has 0 spiro atoms. The zero-order valence-corrected chi connectivity index (χ0v) is 8.26. The summed E-state index contributed by atoms with van der Waals surface area (Å²) in [5.41, 5.74) is 0. The molecule has 13 heavy (non-hydrogen) atoms. The molecule has 0 saturated carbocycles. The number of carboxylic acid groups (broad SMARTS) is 1. The lowest BCUT2D eigenvalue weighted by Gasteiger charge is -2.07. The van der Waals surface area contributed by atoms with Gasteiger partial charge in [-0.2, -0.15) is 0 Å². The van der Waals surface area contributed by atoms with Crippen LogP contribution in [0.1, 0.15) is 6.92 Å². The second kappa shape index (κ2) is 6.54. The molecular weight excluding hydrogens is 190 g/mol. The van der Waals surface area contributed by atoms with Crippen molar-refractivity contribution >= 4 is 23.6 Å². The summed E-state index contributed by atoms with van der Waals surface area (Å²) in [6.45, 7) is 4.93. The first-order valence-corrected chi connectivity index (χ1v) is 4.94. The monoisotopic (exact) mass is 203 g/mol. The van der Waals surface area contributed by atoms with Gasteiger partial charge in [0, 0.05) is 5.75 Å². The van der Waals surface area contributed by atoms with E-state index in [0.29, 0.717) is 5.75 Å². The number of hydrogen-bond acceptors (Lipinski definition) is 3. The predicted molar refractivity (Wildman–Crippen MR) is 52.8 cm³/mol. The Morgan fingerprint density at radius 1 is 1.69 bits per heavy atom. The van der Waals surface area contributed by atoms with Gasteiger partial charge >= 0.3 is 5.97 Å². The smallest absolute Gasteiger partial charge is 0.325 e. The number of hydrogen-bond donors (Lipinski definition) is 2. The average molecular weight is 203 g/mol. The largest absolute Gasteiger partial charge is 0.480 e. The van der Waals surface area contributed by atoms with Crippen LogP contribution in [0.4, 0.5) is 0 Å². The van der Waals surface area contributed by atoms with Crippen molar-refractivity contribution in [2.24, 2.45) is 0 Å². The molecule has 74 valence electrons. The maximum atomic E-state index is 11.0. The maximum Gasteiger partial charge on any atom is 0.325 e. The first-order chi connectivity index (χ1) is 6.07. The Kier molecular flexibility index (Phi) is 6.05. The van der Waals surface area contributed by atoms with Crippen LogP contribution >= 0.6 is 11.8 Å². The molecule has 0 radical (unpaired) electrons. The molecule has 0 rings (SSSR count). The van der Waals surface area contributed by atoms with E-state index >= 15 is 0 Å². The van der Waals surface area contributed by atoms with Crippen LogP contribution in [-0.4, -0.2) is 34.5 Å². The molecule has 0 aliphatic heterocycles. The molecule has 0 bridgehead atoms. The van der Waals surface area contributed by atoms with Crippen LogP contribution in [0.15, 0.2) is 12.7 Å². The summed E-state index contributed by atoms with van der Waals surface area (Å²) >= 11 is 1.39. The molecule has 0 saturated heterocycles. The Bertz CT molecular complexity index is 206. The van der Waals surface area contributed by atoms with Crippen molar-refractivity contribution < 1.29 is 14.7 Å². The van der Waals surface area contributed by atoms with E-state index in [1.54, 1.807) is 6.08 Å². The van der Waals surface area contributed by atoms with Crippen molar-refractivity contribution in [3.05, 3.63) is 12.7 Å². The van der Waals surface area contributed by atoms with Gasteiger partial charge in [-0.1, -0.05) is 6.08 Å². The highest BCUT2D eigenvalue weighted by Crippen LogP contribution is 1.98. The number of amides is 1. The van der Waals surface area contributed by atoms with Gasteiger partial charge in [0.15, 0.2) is 0 Å². The second-order valence-electron chi connectivity index (χ2n) is 2.43. The SMILES string of the molecule is C=CCSCC(=O)NC(C)C(=O)O. The number of thioether (sulfide) groups is 1. The van der Waals surface area contributed by atoms with Gasteiger partial charge < -0.3 is 10.4 Å². The van der Waals surface area contributed by atoms with Crippen LogP contribution in [0.2, 0.25) is 0 Å². The standard InChI is InChI=1S/C8H13NO3S/c1-3-4-13-5-7(10)9-6(2)8(11)12/h3,6H,1,4-5H2,2H3,(H,9,10)(H,11,12). The molecule has 0 aromatic rings. The zero-order valence-electron chi connectivity index (χ0n) is 7.45. The lowest BCUT2D eigenvalue weighted by Crippen LogP contribution is -2.39. The molecule has 4 nitrogen and oxygen atoms in total. The number of rotatable bonds is 6. The van der Waals surface area contributed by atoms with E-state index in [1.807, 2.05) is 0 Å². The summed E-state index contributed by atoms with van der Waals surface area (Å²) < 4.78 is 0. The van der Waals surface area contributed by atoms with Gasteiger partial charge in [0.1, 0.15) is 6.04 Å². The van der Waals surface area contributed by atoms with E-state index in [2.05, 4.69) is 11.9 Å². The fourth-order valence-corrected chi connectivity index (χ4v) is 1.13. The predicted octanol–water partition coefficient (Wildman–Crippen LogP) is 0.495. The molecule has 1 unspecified atom stereocenters. The lowest BCUT2D eigenvalue weighted by molar-refractivity contribution is -0.140. The normalized spacial score (nSPS) is 11.8. The van der Waals surface area contributed by atoms with E-state index in [4.69, 9.17) is 5.11 Å². The van der Waals surface area contributed by atoms with Crippen molar-refractivity contribution in [2.75, 3.05) is 11.5 Å². The highest BCUT2D eigenvalue weighted by atomic mass is 32.2. The Morgan fingerprint density at radius 3 is 2.77 bits per heavy atom. The fraction of sp³-hybridized carbons (Fsp3) is 0.500. The molecule has 0 aliphatic carbocycles. The Morgan fingerprint density at radius 2 is 2.31 bits per heavy atom. The van der Waals surface area contributed by atoms with Gasteiger partial charge in [0.25, 0.3) is 0 Å². The van der Waals surface area contributed by atoms with Crippen LogP contribution in [0, 0.1) is 0 Å². The number of aliphatic carboxylic acids is 1. The molecule has 5 heteroatoms. The third-order valence-electron chi connectivity index (χ3n) is 1.22. The number of nitrogens with one attached hydrogen (secondary N) is 1. The highest BCUT2D eigenvalue weighted by Gasteiger charge is 2.12. The van der Waals surface area contributed by atoms with E-state index in [0.717, 1.165) is 0 Å². The van der Waals surface area contributed by atoms with Gasteiger partial charge in [-0.05, 0) is 6.92 Å². The minimum Gasteiger partial charge on any atom is -0.480 e. The molecule has 0 fully saturated rings. The average Bonchev–Trinajstić information content (AvgIpc) is 2.04. The number of carbonyl (C=O) groups is 2. The van der Waals surface area contributed by atoms with Crippen molar-refractivity contribution in [1.29, 1.82) is 0 Å². The summed E-state index contributed by atoms with van der Waals surface area (Å²) in [6.07, 6.45) is 1.69. The van der Waals surface area contributed by atoms with E-state index in [-0.39, 0.29) is 11.7 Å². The summed E-state index contributed by atoms with van der Waals surface area (Å²) in [7, 11) is 0. The second-order valence-corrected chi connectivity index (χ2v) is 3.46. The molecular formula is C8H13NO3S. The minimum absolute atomic E-state index is 0.262. The van der Waals surface area contributed by atoms with Gasteiger partial charge in [0.05, 0.1) is 5.75 Å². The Hall–Kier alpha value is -0.970. The summed E-state index contributed by atoms with van der Waals surface area (Å²) in [5, 5.41) is 10.8. The molecule has 2 N–H and O–H groups in total. The van der Waals surface area contributed by atoms with E-state index in [1.165, 1.54) is 18.7 Å². The quantitative estimate of drug-likeness (QED) is 0.487. The van der Waals surface area contributed by atoms with Crippen molar-refractivity contribution in [3.63, 3.8) is 0 Å². The van der Waals surface area contributed by atoms with Crippen LogP contribution in [0.25, 0.3) is 0 Å². The van der Waals surface area contributed by atoms with Crippen molar-refractivity contribution in [3.8, 4) is 0 Å². The molecule has 0 heterocycles. The van der Waals surface area contributed by atoms with Crippen LogP contribution in [-0.2, 0) is 9.59 Å². The zero-order chi connectivity index (χ0) is 10.3. The minimum atomic E-state index is -1.03. The summed E-state index contributed by atoms with van der Waals surface area (Å²) in [6, 6.07) is -0.822. The maximum absolute atomic E-state index is 11.0. The van der Waals surface area contributed by atoms with Crippen LogP contribution < -0.4 is 5.32 Å². The molecule has 1 atom stereocenters. The van der Waals surface area contributed by atoms with E-state index in [9.17, 15) is 9.59 Å². The number of carboxylic acids is 1. The van der Waals surface area contributed by atoms with E-state index < -0.39 is 12.0 Å². The van der Waals surface area contributed by atoms with Gasteiger partial charge in [-0.15, -0.1) is 18.3 Å². The third-order valence-corrected chi connectivity index (χ3v) is 2.15. The topological polar surface area (TPSA) is 66.4 Å². The molecule has 1 amide bonds. The van der Waals surface area contributed by atoms with Crippen molar-refractivity contribution in [2.45, 2.75) is 13.0 Å². The molecule has 0 aromatic heterocycles. The number of carbonyl (C=O) groups excluding carboxylic acids is 1.